The Morgan fingerprint density at radius 3 is 2.53 bits per heavy atom. The van der Waals surface area contributed by atoms with Gasteiger partial charge in [0.15, 0.2) is 6.29 Å². The molecule has 0 aliphatic rings. The van der Waals surface area contributed by atoms with Crippen LogP contribution in [0.3, 0.4) is 0 Å². The zero-order chi connectivity index (χ0) is 13.1. The molecule has 0 unspecified atom stereocenters. The van der Waals surface area contributed by atoms with Crippen LogP contribution in [0.5, 0.6) is 0 Å². The van der Waals surface area contributed by atoms with Crippen LogP contribution in [-0.4, -0.2) is 26.1 Å². The van der Waals surface area contributed by atoms with Gasteiger partial charge in [-0.15, -0.1) is 0 Å². The van der Waals surface area contributed by atoms with Gasteiger partial charge in [-0.25, -0.2) is 0 Å². The molecule has 0 aliphatic heterocycles. The largest absolute Gasteiger partial charge is 0.390 e. The molecule has 0 atom stereocenters. The Morgan fingerprint density at radius 1 is 1.41 bits per heavy atom. The Morgan fingerprint density at radius 2 is 2.06 bits per heavy atom. The first-order valence-electron chi connectivity index (χ1n) is 4.86. The van der Waals surface area contributed by atoms with E-state index >= 15 is 0 Å². The fraction of sp³-hybridized carbons (Fsp3) is 0.364. The molecular formula is C11H11ClF3NO. The molecule has 1 aromatic carbocycles. The lowest BCUT2D eigenvalue weighted by Gasteiger charge is -2.20. The van der Waals surface area contributed by atoms with E-state index in [1.165, 1.54) is 24.1 Å². The van der Waals surface area contributed by atoms with Crippen LogP contribution in [0.15, 0.2) is 18.2 Å². The molecule has 2 nitrogen and oxygen atoms in total. The van der Waals surface area contributed by atoms with Crippen molar-refractivity contribution >= 4 is 23.6 Å². The molecule has 0 N–H and O–H groups in total. The molecule has 0 radical (unpaired) electrons. The zero-order valence-electron chi connectivity index (χ0n) is 9.09. The van der Waals surface area contributed by atoms with Crippen molar-refractivity contribution < 1.29 is 18.0 Å². The predicted octanol–water partition coefficient (Wildman–Crippen LogP) is 3.54. The number of anilines is 1. The first-order valence-corrected chi connectivity index (χ1v) is 5.24. The van der Waals surface area contributed by atoms with E-state index in [2.05, 4.69) is 0 Å². The van der Waals surface area contributed by atoms with Gasteiger partial charge >= 0.3 is 6.18 Å². The Labute approximate surface area is 102 Å². The fourth-order valence-electron chi connectivity index (χ4n) is 1.27. The molecule has 94 valence electrons. The second-order valence-electron chi connectivity index (χ2n) is 3.61. The number of rotatable bonds is 4. The van der Waals surface area contributed by atoms with Crippen LogP contribution >= 0.6 is 11.6 Å². The lowest BCUT2D eigenvalue weighted by Crippen LogP contribution is -2.24. The summed E-state index contributed by atoms with van der Waals surface area (Å²) in [6, 6.07) is 4.52. The Balaban J connectivity index is 2.73. The van der Waals surface area contributed by atoms with E-state index in [1.807, 2.05) is 0 Å². The van der Waals surface area contributed by atoms with Crippen molar-refractivity contribution in [2.45, 2.75) is 12.6 Å². The Kier molecular flexibility index (Phi) is 4.40. The normalized spacial score (nSPS) is 11.4. The van der Waals surface area contributed by atoms with Crippen molar-refractivity contribution in [1.29, 1.82) is 0 Å². The molecule has 0 saturated carbocycles. The smallest absolute Gasteiger partial charge is 0.374 e. The number of nitrogens with zero attached hydrogens (tertiary/aromatic N) is 1. The molecule has 0 fully saturated rings. The second-order valence-corrected chi connectivity index (χ2v) is 4.02. The summed E-state index contributed by atoms with van der Waals surface area (Å²) in [6.07, 6.45) is -4.47. The number of hydrogen-bond donors (Lipinski definition) is 0. The Bertz CT molecular complexity index is 406. The summed E-state index contributed by atoms with van der Waals surface area (Å²) in [5, 5.41) is 0.233. The quantitative estimate of drug-likeness (QED) is 0.776. The summed E-state index contributed by atoms with van der Waals surface area (Å²) in [4.78, 5) is 12.0. The molecule has 0 bridgehead atoms. The molecule has 0 amide bonds. The van der Waals surface area contributed by atoms with E-state index in [0.717, 1.165) is 0 Å². The van der Waals surface area contributed by atoms with Gasteiger partial charge in [0, 0.05) is 24.8 Å². The van der Waals surface area contributed by atoms with Gasteiger partial charge in [-0.1, -0.05) is 11.6 Å². The molecule has 1 rings (SSSR count). The van der Waals surface area contributed by atoms with Crippen molar-refractivity contribution in [3.63, 3.8) is 0 Å². The molecule has 6 heteroatoms. The van der Waals surface area contributed by atoms with Gasteiger partial charge in [-0.2, -0.15) is 13.2 Å². The highest BCUT2D eigenvalue weighted by Gasteiger charge is 2.27. The third-order valence-corrected chi connectivity index (χ3v) is 2.61. The van der Waals surface area contributed by atoms with Crippen molar-refractivity contribution in [2.24, 2.45) is 0 Å². The number of benzene rings is 1. The minimum Gasteiger partial charge on any atom is -0.374 e. The van der Waals surface area contributed by atoms with Gasteiger partial charge in [0.2, 0.25) is 0 Å². The molecular weight excluding hydrogens is 255 g/mol. The lowest BCUT2D eigenvalue weighted by molar-refractivity contribution is -0.132. The monoisotopic (exact) mass is 265 g/mol. The summed E-state index contributed by atoms with van der Waals surface area (Å²) < 4.78 is 36.1. The highest BCUT2D eigenvalue weighted by Crippen LogP contribution is 2.24. The van der Waals surface area contributed by atoms with E-state index in [1.54, 1.807) is 6.07 Å². The van der Waals surface area contributed by atoms with Crippen LogP contribution in [0.1, 0.15) is 16.8 Å². The summed E-state index contributed by atoms with van der Waals surface area (Å²) in [5.41, 5.74) is 0.865. The van der Waals surface area contributed by atoms with E-state index in [0.29, 0.717) is 17.5 Å². The Hall–Kier alpha value is -1.23. The average Bonchev–Trinajstić information content (AvgIpc) is 2.24. The van der Waals surface area contributed by atoms with Crippen molar-refractivity contribution in [2.75, 3.05) is 18.5 Å². The van der Waals surface area contributed by atoms with E-state index in [9.17, 15) is 18.0 Å². The van der Waals surface area contributed by atoms with E-state index in [-0.39, 0.29) is 11.6 Å². The number of alkyl halides is 3. The SMILES string of the molecule is CN(CCC(F)(F)F)c1ccc(C=O)c(Cl)c1. The first-order chi connectivity index (χ1) is 7.83. The fourth-order valence-corrected chi connectivity index (χ4v) is 1.49. The topological polar surface area (TPSA) is 20.3 Å². The van der Waals surface area contributed by atoms with Crippen LogP contribution in [0, 0.1) is 0 Å². The zero-order valence-corrected chi connectivity index (χ0v) is 9.85. The van der Waals surface area contributed by atoms with Crippen molar-refractivity contribution in [3.8, 4) is 0 Å². The number of hydrogen-bond acceptors (Lipinski definition) is 2. The average molecular weight is 266 g/mol. The van der Waals surface area contributed by atoms with Gasteiger partial charge in [-0.3, -0.25) is 4.79 Å². The van der Waals surface area contributed by atoms with Crippen molar-refractivity contribution in [1.82, 2.24) is 0 Å². The van der Waals surface area contributed by atoms with Gasteiger partial charge < -0.3 is 4.90 Å². The predicted molar refractivity (Wildman–Crippen MR) is 60.8 cm³/mol. The minimum atomic E-state index is -4.18. The number of aldehydes is 1. The van der Waals surface area contributed by atoms with Gasteiger partial charge in [-0.05, 0) is 18.2 Å². The molecule has 17 heavy (non-hydrogen) atoms. The second kappa shape index (κ2) is 5.40. The third kappa shape index (κ3) is 4.26. The van der Waals surface area contributed by atoms with Crippen LogP contribution < -0.4 is 4.90 Å². The molecule has 0 saturated heterocycles. The summed E-state index contributed by atoms with van der Waals surface area (Å²) in [5.74, 6) is 0. The van der Waals surface area contributed by atoms with Gasteiger partial charge in [0.25, 0.3) is 0 Å². The molecule has 0 spiro atoms. The first kappa shape index (κ1) is 13.8. The van der Waals surface area contributed by atoms with Crippen LogP contribution in [0.4, 0.5) is 18.9 Å². The number of carbonyl (C=O) groups excluding carboxylic acids is 1. The highest BCUT2D eigenvalue weighted by atomic mass is 35.5. The molecule has 0 aromatic heterocycles. The maximum atomic E-state index is 12.0. The standard InChI is InChI=1S/C11H11ClF3NO/c1-16(5-4-11(13,14)15)9-3-2-8(7-17)10(12)6-9/h2-3,6-7H,4-5H2,1H3. The third-order valence-electron chi connectivity index (χ3n) is 2.28. The van der Waals surface area contributed by atoms with Crippen LogP contribution in [0.2, 0.25) is 5.02 Å². The minimum absolute atomic E-state index is 0.153. The molecule has 0 heterocycles. The summed E-state index contributed by atoms with van der Waals surface area (Å²) in [6.45, 7) is -0.153. The maximum Gasteiger partial charge on any atom is 0.390 e. The van der Waals surface area contributed by atoms with E-state index in [4.69, 9.17) is 11.6 Å². The van der Waals surface area contributed by atoms with Crippen LogP contribution in [0.25, 0.3) is 0 Å². The highest BCUT2D eigenvalue weighted by molar-refractivity contribution is 6.33. The van der Waals surface area contributed by atoms with Crippen LogP contribution in [-0.2, 0) is 0 Å². The molecule has 0 aliphatic carbocycles. The maximum absolute atomic E-state index is 12.0. The van der Waals surface area contributed by atoms with Gasteiger partial charge in [0.1, 0.15) is 0 Å². The molecule has 1 aromatic rings. The number of halogens is 4. The van der Waals surface area contributed by atoms with Gasteiger partial charge in [0.05, 0.1) is 11.4 Å². The van der Waals surface area contributed by atoms with E-state index < -0.39 is 12.6 Å². The lowest BCUT2D eigenvalue weighted by atomic mass is 10.2. The number of carbonyl (C=O) groups is 1. The van der Waals surface area contributed by atoms with Crippen molar-refractivity contribution in [3.05, 3.63) is 28.8 Å². The summed E-state index contributed by atoms with van der Waals surface area (Å²) >= 11 is 5.78. The summed E-state index contributed by atoms with van der Waals surface area (Å²) in [7, 11) is 1.54.